The predicted molar refractivity (Wildman–Crippen MR) is 117 cm³/mol. The summed E-state index contributed by atoms with van der Waals surface area (Å²) in [6.07, 6.45) is 7.77. The summed E-state index contributed by atoms with van der Waals surface area (Å²) < 4.78 is 0. The molecular formula is C21H30N4S2. The third kappa shape index (κ3) is 3.49. The number of aromatic nitrogens is 2. The first kappa shape index (κ1) is 18.2. The Kier molecular flexibility index (Phi) is 5.31. The third-order valence-corrected chi connectivity index (χ3v) is 8.56. The zero-order valence-corrected chi connectivity index (χ0v) is 18.0. The van der Waals surface area contributed by atoms with E-state index in [9.17, 15) is 0 Å². The Balaban J connectivity index is 1.61. The number of likely N-dealkylation sites (N-methyl/N-ethyl adjacent to an activating group) is 1. The fourth-order valence-electron chi connectivity index (χ4n) is 4.86. The number of thiophene rings is 1. The van der Waals surface area contributed by atoms with Crippen LogP contribution in [0.25, 0.3) is 10.2 Å². The van der Waals surface area contributed by atoms with Crippen LogP contribution in [0.2, 0.25) is 0 Å². The summed E-state index contributed by atoms with van der Waals surface area (Å²) in [5.74, 6) is 5.43. The third-order valence-electron chi connectivity index (χ3n) is 6.51. The molecule has 6 heteroatoms. The van der Waals surface area contributed by atoms with Crippen molar-refractivity contribution < 1.29 is 0 Å². The van der Waals surface area contributed by atoms with Gasteiger partial charge < -0.3 is 4.90 Å². The van der Waals surface area contributed by atoms with E-state index in [2.05, 4.69) is 28.5 Å². The average molecular weight is 403 g/mol. The van der Waals surface area contributed by atoms with Crippen molar-refractivity contribution in [2.24, 2.45) is 0 Å². The molecule has 0 radical (unpaired) electrons. The molecule has 4 heterocycles. The highest BCUT2D eigenvalue weighted by atomic mass is 32.2. The summed E-state index contributed by atoms with van der Waals surface area (Å²) in [5.41, 5.74) is 1.56. The van der Waals surface area contributed by atoms with E-state index in [1.807, 2.05) is 11.3 Å². The number of hydrogen-bond donors (Lipinski definition) is 0. The predicted octanol–water partition coefficient (Wildman–Crippen LogP) is 4.67. The van der Waals surface area contributed by atoms with Crippen molar-refractivity contribution in [1.82, 2.24) is 14.9 Å². The number of thioether (sulfide) groups is 1. The smallest absolute Gasteiger partial charge is 0.141 e. The topological polar surface area (TPSA) is 32.3 Å². The van der Waals surface area contributed by atoms with Gasteiger partial charge in [-0.05, 0) is 31.4 Å². The van der Waals surface area contributed by atoms with Gasteiger partial charge in [0.2, 0.25) is 0 Å². The first-order valence-electron chi connectivity index (χ1n) is 10.7. The van der Waals surface area contributed by atoms with Crippen LogP contribution < -0.4 is 4.90 Å². The maximum absolute atomic E-state index is 5.27. The second kappa shape index (κ2) is 7.88. The molecule has 0 unspecified atom stereocenters. The van der Waals surface area contributed by atoms with E-state index < -0.39 is 0 Å². The Bertz CT molecular complexity index is 806. The van der Waals surface area contributed by atoms with Crippen LogP contribution in [-0.2, 0) is 13.0 Å². The minimum Gasteiger partial charge on any atom is -0.354 e. The molecule has 0 aromatic carbocycles. The van der Waals surface area contributed by atoms with Crippen LogP contribution in [0.4, 0.5) is 5.82 Å². The van der Waals surface area contributed by atoms with Crippen molar-refractivity contribution in [3.05, 3.63) is 16.3 Å². The molecule has 27 heavy (non-hydrogen) atoms. The van der Waals surface area contributed by atoms with Crippen LogP contribution >= 0.6 is 23.1 Å². The maximum Gasteiger partial charge on any atom is 0.141 e. The van der Waals surface area contributed by atoms with Gasteiger partial charge in [-0.3, -0.25) is 4.90 Å². The van der Waals surface area contributed by atoms with E-state index in [-0.39, 0.29) is 0 Å². The molecular weight excluding hydrogens is 372 g/mol. The van der Waals surface area contributed by atoms with Crippen LogP contribution in [-0.4, -0.2) is 52.6 Å². The molecule has 4 nitrogen and oxygen atoms in total. The van der Waals surface area contributed by atoms with Crippen molar-refractivity contribution in [2.75, 3.05) is 42.6 Å². The van der Waals surface area contributed by atoms with Gasteiger partial charge in [-0.1, -0.05) is 26.2 Å². The lowest BCUT2D eigenvalue weighted by Gasteiger charge is -2.30. The second-order valence-corrected chi connectivity index (χ2v) is 10.5. The van der Waals surface area contributed by atoms with E-state index in [4.69, 9.17) is 9.97 Å². The molecule has 3 aliphatic rings. The van der Waals surface area contributed by atoms with E-state index >= 15 is 0 Å². The molecule has 146 valence electrons. The molecule has 2 aliphatic heterocycles. The lowest BCUT2D eigenvalue weighted by Crippen LogP contribution is -2.34. The summed E-state index contributed by atoms with van der Waals surface area (Å²) >= 11 is 4.03. The number of nitrogens with zero attached hydrogens (tertiary/aromatic N) is 4. The van der Waals surface area contributed by atoms with Crippen LogP contribution in [0.5, 0.6) is 0 Å². The quantitative estimate of drug-likeness (QED) is 0.745. The van der Waals surface area contributed by atoms with Crippen LogP contribution in [0, 0.1) is 0 Å². The van der Waals surface area contributed by atoms with Gasteiger partial charge >= 0.3 is 0 Å². The van der Waals surface area contributed by atoms with E-state index in [0.29, 0.717) is 5.92 Å². The summed E-state index contributed by atoms with van der Waals surface area (Å²) in [4.78, 5) is 18.4. The molecule has 0 N–H and O–H groups in total. The molecule has 5 rings (SSSR count). The van der Waals surface area contributed by atoms with Gasteiger partial charge in [0.05, 0.1) is 5.39 Å². The Hall–Kier alpha value is -0.850. The molecule has 0 bridgehead atoms. The molecule has 2 aromatic heterocycles. The van der Waals surface area contributed by atoms with Gasteiger partial charge in [0.25, 0.3) is 0 Å². The Morgan fingerprint density at radius 3 is 2.63 bits per heavy atom. The van der Waals surface area contributed by atoms with E-state index in [0.717, 1.165) is 38.4 Å². The molecule has 0 amide bonds. The summed E-state index contributed by atoms with van der Waals surface area (Å²) in [6, 6.07) is 0. The lowest BCUT2D eigenvalue weighted by atomic mass is 9.88. The molecule has 0 atom stereocenters. The van der Waals surface area contributed by atoms with Crippen molar-refractivity contribution in [3.63, 3.8) is 0 Å². The Morgan fingerprint density at radius 1 is 1.04 bits per heavy atom. The van der Waals surface area contributed by atoms with Crippen LogP contribution in [0.1, 0.15) is 61.2 Å². The minimum absolute atomic E-state index is 0.576. The number of fused-ring (bicyclic) bond motifs is 3. The summed E-state index contributed by atoms with van der Waals surface area (Å²) in [7, 11) is 0. The van der Waals surface area contributed by atoms with Gasteiger partial charge in [0.1, 0.15) is 16.5 Å². The zero-order chi connectivity index (χ0) is 18.2. The highest BCUT2D eigenvalue weighted by molar-refractivity contribution is 7.99. The number of hydrogen-bond acceptors (Lipinski definition) is 6. The van der Waals surface area contributed by atoms with E-state index in [1.54, 1.807) is 10.4 Å². The maximum atomic E-state index is 5.27. The zero-order valence-electron chi connectivity index (χ0n) is 16.4. The fraction of sp³-hybridized carbons (Fsp3) is 0.714. The van der Waals surface area contributed by atoms with Crippen molar-refractivity contribution in [2.45, 2.75) is 57.9 Å². The highest BCUT2D eigenvalue weighted by Gasteiger charge is 2.28. The molecule has 0 spiro atoms. The molecule has 2 fully saturated rings. The summed E-state index contributed by atoms with van der Waals surface area (Å²) in [6.45, 7) is 7.95. The molecule has 1 aliphatic carbocycles. The van der Waals surface area contributed by atoms with Gasteiger partial charge in [-0.25, -0.2) is 9.97 Å². The molecule has 1 saturated carbocycles. The van der Waals surface area contributed by atoms with Gasteiger partial charge in [-0.2, -0.15) is 11.8 Å². The molecule has 1 saturated heterocycles. The minimum atomic E-state index is 0.576. The number of anilines is 1. The van der Waals surface area contributed by atoms with Crippen LogP contribution in [0.15, 0.2) is 0 Å². The van der Waals surface area contributed by atoms with Crippen molar-refractivity contribution >= 4 is 39.1 Å². The molecule has 2 aromatic rings. The Morgan fingerprint density at radius 2 is 1.85 bits per heavy atom. The fourth-order valence-corrected chi connectivity index (χ4v) is 7.03. The van der Waals surface area contributed by atoms with Gasteiger partial charge in [-0.15, -0.1) is 11.3 Å². The first-order chi connectivity index (χ1) is 13.3. The summed E-state index contributed by atoms with van der Waals surface area (Å²) in [5, 5.41) is 1.40. The van der Waals surface area contributed by atoms with Gasteiger partial charge in [0.15, 0.2) is 0 Å². The second-order valence-electron chi connectivity index (χ2n) is 8.14. The van der Waals surface area contributed by atoms with Crippen LogP contribution in [0.3, 0.4) is 0 Å². The highest BCUT2D eigenvalue weighted by Crippen LogP contribution is 2.41. The van der Waals surface area contributed by atoms with E-state index in [1.165, 1.54) is 66.2 Å². The first-order valence-corrected chi connectivity index (χ1v) is 12.7. The standard InChI is InChI=1S/C21H30N4S2/c1-2-24-9-8-16-17(14-24)27-21-18(16)20(25-10-12-26-13-11-25)22-19(23-21)15-6-4-3-5-7-15/h15H,2-14H2,1H3. The lowest BCUT2D eigenvalue weighted by molar-refractivity contribution is 0.272. The Labute approximate surface area is 170 Å². The monoisotopic (exact) mass is 402 g/mol. The van der Waals surface area contributed by atoms with Crippen molar-refractivity contribution in [3.8, 4) is 0 Å². The van der Waals surface area contributed by atoms with Gasteiger partial charge in [0, 0.05) is 48.5 Å². The largest absolute Gasteiger partial charge is 0.354 e. The normalized spacial score (nSPS) is 22.3. The SMILES string of the molecule is CCN1CCc2c(sc3nc(C4CCCCC4)nc(N4CCSCC4)c23)C1. The van der Waals surface area contributed by atoms with Crippen molar-refractivity contribution in [1.29, 1.82) is 0 Å². The average Bonchev–Trinajstić information content (AvgIpc) is 3.11. The number of rotatable bonds is 3.